The number of hydrogen-bond acceptors (Lipinski definition) is 1. The zero-order valence-electron chi connectivity index (χ0n) is 34.2. The Balaban J connectivity index is 0.00000141. The first-order valence-electron chi connectivity index (χ1n) is 17.2. The van der Waals surface area contributed by atoms with Crippen LogP contribution in [0.3, 0.4) is 0 Å². The summed E-state index contributed by atoms with van der Waals surface area (Å²) in [6, 6.07) is 10.1. The number of ether oxygens (including phenoxy) is 1. The van der Waals surface area contributed by atoms with E-state index in [4.69, 9.17) is 4.74 Å². The van der Waals surface area contributed by atoms with E-state index in [1.165, 1.54) is 32.9 Å². The molecule has 1 nitrogen and oxygen atoms in total. The van der Waals surface area contributed by atoms with Crippen LogP contribution in [0.4, 0.5) is 25.2 Å². The molecule has 0 saturated heterocycles. The van der Waals surface area contributed by atoms with Crippen LogP contribution in [0.25, 0.3) is 0 Å². The first-order valence-corrected chi connectivity index (χ1v) is 22.3. The number of benzene rings is 2. The molecule has 0 bridgehead atoms. The Labute approximate surface area is 313 Å². The van der Waals surface area contributed by atoms with E-state index in [0.29, 0.717) is 0 Å². The first-order chi connectivity index (χ1) is 20.8. The molecule has 1 aliphatic rings. The van der Waals surface area contributed by atoms with E-state index in [2.05, 4.69) is 163 Å². The first kappa shape index (κ1) is 47.6. The molecule has 3 rings (SSSR count). The zero-order chi connectivity index (χ0) is 39.2. The maximum Gasteiger partial charge on any atom is 1.00 e. The Bertz CT molecular complexity index is 1420. The molecule has 294 valence electrons. The van der Waals surface area contributed by atoms with Crippen LogP contribution in [0.2, 0.25) is 0 Å². The summed E-state index contributed by atoms with van der Waals surface area (Å²) < 4.78 is 66.7. The molecule has 0 saturated carbocycles. The standard InChI is InChI=1S/C39H64OP2.Cu.F6P/c1-33(2,3)25-21-27-31(29(23-25)41(35(7,8)9)36(10,11)12)40-32-28(39(27,19)20)22-26(34(4,5)6)24-30(32)42(37(13,14)15)38(16,17)18;;1-7(2,3,4,5)6/h21-24H,1-20H3;;/q;+1;-1/p+2. The number of rotatable bonds is 2. The Hall–Kier alpha value is -0.371. The fourth-order valence-corrected chi connectivity index (χ4v) is 16.9. The summed E-state index contributed by atoms with van der Waals surface area (Å²) in [6.45, 7) is 48.5. The van der Waals surface area contributed by atoms with E-state index >= 15 is 0 Å². The van der Waals surface area contributed by atoms with E-state index in [0.717, 1.165) is 11.5 Å². The van der Waals surface area contributed by atoms with Crippen LogP contribution in [0.15, 0.2) is 24.3 Å². The molecule has 0 aliphatic carbocycles. The Morgan fingerprint density at radius 2 is 0.700 bits per heavy atom. The maximum absolute atomic E-state index is 10.7. The molecule has 1 aliphatic heterocycles. The van der Waals surface area contributed by atoms with Crippen molar-refractivity contribution < 1.29 is 47.0 Å². The fraction of sp³-hybridized carbons (Fsp3) is 0.692. The smallest absolute Gasteiger partial charge is 1.00 e. The zero-order valence-corrected chi connectivity index (χ0v) is 38.1. The molecule has 0 atom stereocenters. The fourth-order valence-electron chi connectivity index (χ4n) is 7.76. The molecule has 0 radical (unpaired) electrons. The second-order valence-corrected chi connectivity index (χ2v) is 31.2. The van der Waals surface area contributed by atoms with Crippen molar-refractivity contribution in [3.8, 4) is 11.5 Å². The molecular formula is C39H66CuF6OP3+2. The summed E-state index contributed by atoms with van der Waals surface area (Å²) in [5, 5.41) is 3.65. The summed E-state index contributed by atoms with van der Waals surface area (Å²) in [6.07, 6.45) is 0. The van der Waals surface area contributed by atoms with Gasteiger partial charge in [0.05, 0.1) is 20.6 Å². The largest absolute Gasteiger partial charge is 1.00 e. The number of halogens is 6. The van der Waals surface area contributed by atoms with Crippen molar-refractivity contribution >= 4 is 34.3 Å². The topological polar surface area (TPSA) is 9.23 Å². The maximum atomic E-state index is 9.87. The van der Waals surface area contributed by atoms with E-state index in [1.54, 1.807) is 0 Å². The molecular weight excluding hydrogens is 755 g/mol. The summed E-state index contributed by atoms with van der Waals surface area (Å²) in [7, 11) is -12.8. The van der Waals surface area contributed by atoms with E-state index in [-0.39, 0.29) is 53.9 Å². The Morgan fingerprint density at radius 1 is 0.480 bits per heavy atom. The van der Waals surface area contributed by atoms with Gasteiger partial charge in [0.25, 0.3) is 0 Å². The van der Waals surface area contributed by atoms with Crippen molar-refractivity contribution in [1.29, 1.82) is 0 Å². The quantitative estimate of drug-likeness (QED) is 0.167. The Morgan fingerprint density at radius 3 is 0.880 bits per heavy atom. The summed E-state index contributed by atoms with van der Waals surface area (Å²) in [5.74, 6) is 2.32. The van der Waals surface area contributed by atoms with Crippen molar-refractivity contribution in [2.75, 3.05) is 0 Å². The predicted molar refractivity (Wildman–Crippen MR) is 211 cm³/mol. The second-order valence-electron chi connectivity index (χ2n) is 20.7. The number of fused-ring (bicyclic) bond motifs is 2. The molecule has 11 heteroatoms. The predicted octanol–water partition coefficient (Wildman–Crippen LogP) is 15.0. The molecule has 0 fully saturated rings. The van der Waals surface area contributed by atoms with Gasteiger partial charge in [-0.15, -0.1) is 0 Å². The third-order valence-electron chi connectivity index (χ3n) is 9.00. The molecule has 0 spiro atoms. The van der Waals surface area contributed by atoms with Gasteiger partial charge in [-0.3, -0.25) is 0 Å². The monoisotopic (exact) mass is 820 g/mol. The average molecular weight is 821 g/mol. The molecule has 2 aromatic rings. The van der Waals surface area contributed by atoms with Crippen molar-refractivity contribution in [1.82, 2.24) is 0 Å². The van der Waals surface area contributed by atoms with Crippen LogP contribution < -0.4 is 15.3 Å². The van der Waals surface area contributed by atoms with Gasteiger partial charge in [-0.25, -0.2) is 0 Å². The minimum absolute atomic E-state index is 0. The SMILES string of the molecule is CC(C)(C)c1cc([PH+](C(C)(C)C)C(C)(C)C)c2c(c1)C(C)(C)c1cc(C(C)(C)C)cc([PH+](C(C)(C)C)C(C)(C)C)c1O2.F[P-](F)(F)(F)(F)F.[Cu+]. The van der Waals surface area contributed by atoms with Crippen LogP contribution in [-0.2, 0) is 33.3 Å². The second kappa shape index (κ2) is 13.1. The molecule has 50 heavy (non-hydrogen) atoms. The summed E-state index contributed by atoms with van der Waals surface area (Å²) in [4.78, 5) is 0. The van der Waals surface area contributed by atoms with Crippen molar-refractivity contribution in [3.05, 3.63) is 46.5 Å². The van der Waals surface area contributed by atoms with Crippen LogP contribution in [0.5, 0.6) is 11.5 Å². The van der Waals surface area contributed by atoms with Gasteiger partial charge >= 0.3 is 50.1 Å². The van der Waals surface area contributed by atoms with Gasteiger partial charge in [0, 0.05) is 32.4 Å². The van der Waals surface area contributed by atoms with Crippen molar-refractivity contribution in [3.63, 3.8) is 0 Å². The van der Waals surface area contributed by atoms with Gasteiger partial charge in [0.2, 0.25) is 0 Å². The molecule has 0 N–H and O–H groups in total. The van der Waals surface area contributed by atoms with E-state index in [9.17, 15) is 25.2 Å². The van der Waals surface area contributed by atoms with E-state index in [1.807, 2.05) is 0 Å². The molecule has 0 aromatic heterocycles. The van der Waals surface area contributed by atoms with Gasteiger partial charge in [-0.2, -0.15) is 0 Å². The normalized spacial score (nSPS) is 17.0. The minimum atomic E-state index is -10.7. The van der Waals surface area contributed by atoms with Gasteiger partial charge < -0.3 is 4.74 Å². The van der Waals surface area contributed by atoms with Crippen molar-refractivity contribution in [2.24, 2.45) is 0 Å². The van der Waals surface area contributed by atoms with Gasteiger partial charge in [0.1, 0.15) is 10.6 Å². The number of hydrogen-bond donors (Lipinski definition) is 0. The summed E-state index contributed by atoms with van der Waals surface area (Å²) in [5.41, 5.74) is 5.51. The average Bonchev–Trinajstić information content (AvgIpc) is 2.72. The molecule has 2 aromatic carbocycles. The van der Waals surface area contributed by atoms with Crippen LogP contribution in [0.1, 0.15) is 161 Å². The molecule has 1 heterocycles. The minimum Gasteiger partial charge on any atom is 1.00 e. The third kappa shape index (κ3) is 12.3. The van der Waals surface area contributed by atoms with Gasteiger partial charge in [-0.1, -0.05) is 67.5 Å². The van der Waals surface area contributed by atoms with Gasteiger partial charge in [0.15, 0.2) is 11.5 Å². The molecule has 0 amide bonds. The van der Waals surface area contributed by atoms with Gasteiger partial charge in [-0.05, 0) is 117 Å². The van der Waals surface area contributed by atoms with Crippen LogP contribution >= 0.6 is 23.7 Å². The van der Waals surface area contributed by atoms with Crippen LogP contribution in [-0.4, -0.2) is 20.6 Å². The molecule has 0 unspecified atom stereocenters. The van der Waals surface area contributed by atoms with E-state index < -0.39 is 23.7 Å². The summed E-state index contributed by atoms with van der Waals surface area (Å²) >= 11 is 0. The van der Waals surface area contributed by atoms with Crippen LogP contribution in [0, 0.1) is 0 Å². The van der Waals surface area contributed by atoms with Crippen molar-refractivity contribution in [2.45, 2.75) is 175 Å². The Kier molecular flexibility index (Phi) is 12.5. The third-order valence-corrected chi connectivity index (χ3v) is 16.8.